The van der Waals surface area contributed by atoms with E-state index < -0.39 is 0 Å². The van der Waals surface area contributed by atoms with Crippen molar-refractivity contribution in [3.63, 3.8) is 0 Å². The van der Waals surface area contributed by atoms with Crippen LogP contribution in [-0.2, 0) is 6.42 Å². The second kappa shape index (κ2) is 6.24. The minimum atomic E-state index is -0.215. The minimum Gasteiger partial charge on any atom is -0.493 e. The maximum Gasteiger partial charge on any atom is 0.164 e. The maximum absolute atomic E-state index is 10.6. The Morgan fingerprint density at radius 3 is 2.67 bits per heavy atom. The van der Waals surface area contributed by atoms with Crippen molar-refractivity contribution in [1.29, 1.82) is 0 Å². The molecule has 3 saturated heterocycles. The summed E-state index contributed by atoms with van der Waals surface area (Å²) >= 11 is 0. The third kappa shape index (κ3) is 2.74. The van der Waals surface area contributed by atoms with Gasteiger partial charge in [-0.15, -0.1) is 0 Å². The lowest BCUT2D eigenvalue weighted by Gasteiger charge is -2.49. The van der Waals surface area contributed by atoms with Crippen molar-refractivity contribution in [2.24, 2.45) is 5.92 Å². The number of aliphatic hydroxyl groups excluding tert-OH is 1. The van der Waals surface area contributed by atoms with Gasteiger partial charge in [0.15, 0.2) is 11.5 Å². The van der Waals surface area contributed by atoms with Gasteiger partial charge in [0.2, 0.25) is 0 Å². The molecule has 1 N–H and O–H groups in total. The number of aliphatic hydroxyl groups is 1. The fraction of sp³-hybridized carbons (Fsp3) is 0.647. The quantitative estimate of drug-likeness (QED) is 0.902. The Hall–Kier alpha value is -1.26. The van der Waals surface area contributed by atoms with Crippen molar-refractivity contribution in [1.82, 2.24) is 4.90 Å². The molecule has 0 amide bonds. The molecule has 4 heteroatoms. The number of para-hydroxylation sites is 1. The number of fused-ring (bicyclic) bond motifs is 3. The number of benzene rings is 1. The molecule has 1 aromatic rings. The lowest BCUT2D eigenvalue weighted by Crippen LogP contribution is -2.58. The molecule has 2 atom stereocenters. The molecule has 21 heavy (non-hydrogen) atoms. The van der Waals surface area contributed by atoms with E-state index in [1.54, 1.807) is 7.11 Å². The summed E-state index contributed by atoms with van der Waals surface area (Å²) in [4.78, 5) is 2.43. The van der Waals surface area contributed by atoms with E-state index in [-0.39, 0.29) is 12.1 Å². The zero-order valence-electron chi connectivity index (χ0n) is 12.9. The number of methoxy groups -OCH3 is 1. The molecule has 2 bridgehead atoms. The van der Waals surface area contributed by atoms with Crippen molar-refractivity contribution >= 4 is 0 Å². The van der Waals surface area contributed by atoms with Crippen LogP contribution in [0.3, 0.4) is 0 Å². The average molecular weight is 291 g/mol. The first-order valence-electron chi connectivity index (χ1n) is 7.95. The van der Waals surface area contributed by atoms with Crippen molar-refractivity contribution in [2.45, 2.75) is 38.3 Å². The topological polar surface area (TPSA) is 41.9 Å². The Bertz CT molecular complexity index is 481. The normalized spacial score (nSPS) is 31.2. The fourth-order valence-electron chi connectivity index (χ4n) is 3.79. The van der Waals surface area contributed by atoms with Gasteiger partial charge >= 0.3 is 0 Å². The Labute approximate surface area is 126 Å². The van der Waals surface area contributed by atoms with Crippen molar-refractivity contribution in [2.75, 3.05) is 26.8 Å². The summed E-state index contributed by atoms with van der Waals surface area (Å²) in [6, 6.07) is 6.23. The lowest BCUT2D eigenvalue weighted by atomic mass is 9.78. The number of hydrogen-bond acceptors (Lipinski definition) is 4. The summed E-state index contributed by atoms with van der Waals surface area (Å²) in [5.41, 5.74) is 1.13. The van der Waals surface area contributed by atoms with E-state index in [1.807, 2.05) is 19.1 Å². The predicted octanol–water partition coefficient (Wildman–Crippen LogP) is 2.09. The highest BCUT2D eigenvalue weighted by molar-refractivity contribution is 5.47. The molecule has 0 saturated carbocycles. The Morgan fingerprint density at radius 1 is 1.29 bits per heavy atom. The first-order chi connectivity index (χ1) is 10.2. The lowest BCUT2D eigenvalue weighted by molar-refractivity contribution is -0.0716. The molecule has 2 unspecified atom stereocenters. The Balaban J connectivity index is 1.84. The highest BCUT2D eigenvalue weighted by Gasteiger charge is 2.41. The van der Waals surface area contributed by atoms with Gasteiger partial charge in [-0.25, -0.2) is 0 Å². The first kappa shape index (κ1) is 14.7. The van der Waals surface area contributed by atoms with Crippen molar-refractivity contribution < 1.29 is 14.6 Å². The summed E-state index contributed by atoms with van der Waals surface area (Å²) in [6.07, 6.45) is 2.88. The van der Waals surface area contributed by atoms with E-state index in [9.17, 15) is 5.11 Å². The molecule has 0 radical (unpaired) electrons. The van der Waals surface area contributed by atoms with Crippen LogP contribution in [0.15, 0.2) is 18.2 Å². The van der Waals surface area contributed by atoms with E-state index in [0.717, 1.165) is 49.4 Å². The number of hydrogen-bond donors (Lipinski definition) is 1. The van der Waals surface area contributed by atoms with Gasteiger partial charge in [-0.1, -0.05) is 12.1 Å². The van der Waals surface area contributed by atoms with Crippen LogP contribution < -0.4 is 9.47 Å². The summed E-state index contributed by atoms with van der Waals surface area (Å²) in [5, 5.41) is 10.6. The SMILES string of the molecule is CCOc1c(CC2C(O)C3CCN2CC3)cccc1OC. The predicted molar refractivity (Wildman–Crippen MR) is 82.0 cm³/mol. The van der Waals surface area contributed by atoms with Gasteiger partial charge in [0.25, 0.3) is 0 Å². The van der Waals surface area contributed by atoms with E-state index in [2.05, 4.69) is 11.0 Å². The summed E-state index contributed by atoms with van der Waals surface area (Å²) in [6.45, 7) is 4.82. The highest BCUT2D eigenvalue weighted by atomic mass is 16.5. The van der Waals surface area contributed by atoms with Crippen LogP contribution in [0, 0.1) is 5.92 Å². The number of nitrogens with zero attached hydrogens (tertiary/aromatic N) is 1. The minimum absolute atomic E-state index is 0.212. The second-order valence-electron chi connectivity index (χ2n) is 6.02. The molecule has 3 aliphatic heterocycles. The van der Waals surface area contributed by atoms with Crippen molar-refractivity contribution in [3.05, 3.63) is 23.8 Å². The molecule has 3 heterocycles. The third-order valence-corrected chi connectivity index (χ3v) is 4.92. The standard InChI is InChI=1S/C17H25NO3/c1-3-21-17-13(5-4-6-15(17)20-2)11-14-16(19)12-7-9-18(14)10-8-12/h4-6,12,14,16,19H,3,7-11H2,1-2H3. The molecule has 3 fully saturated rings. The number of ether oxygens (including phenoxy) is 2. The summed E-state index contributed by atoms with van der Waals surface area (Å²) < 4.78 is 11.2. The zero-order valence-corrected chi connectivity index (χ0v) is 12.9. The monoisotopic (exact) mass is 291 g/mol. The molecule has 0 aliphatic carbocycles. The van der Waals surface area contributed by atoms with Gasteiger partial charge in [-0.2, -0.15) is 0 Å². The number of rotatable bonds is 5. The average Bonchev–Trinajstić information content (AvgIpc) is 2.53. The zero-order chi connectivity index (χ0) is 14.8. The van der Waals surface area contributed by atoms with Crippen LogP contribution in [0.25, 0.3) is 0 Å². The van der Waals surface area contributed by atoms with Gasteiger partial charge in [-0.05, 0) is 56.8 Å². The van der Waals surface area contributed by atoms with Crippen LogP contribution in [0.2, 0.25) is 0 Å². The molecular formula is C17H25NO3. The fourth-order valence-corrected chi connectivity index (χ4v) is 3.79. The van der Waals surface area contributed by atoms with Gasteiger partial charge in [0.05, 0.1) is 19.8 Å². The molecule has 0 aromatic heterocycles. The van der Waals surface area contributed by atoms with Crippen LogP contribution in [0.5, 0.6) is 11.5 Å². The van der Waals surface area contributed by atoms with Gasteiger partial charge in [0.1, 0.15) is 0 Å². The molecule has 1 aromatic carbocycles. The van der Waals surface area contributed by atoms with Crippen LogP contribution in [0.4, 0.5) is 0 Å². The van der Waals surface area contributed by atoms with E-state index in [0.29, 0.717) is 12.5 Å². The molecule has 4 rings (SSSR count). The largest absolute Gasteiger partial charge is 0.493 e. The van der Waals surface area contributed by atoms with Gasteiger partial charge < -0.3 is 14.6 Å². The highest BCUT2D eigenvalue weighted by Crippen LogP contribution is 2.37. The number of piperidine rings is 3. The molecule has 4 nitrogen and oxygen atoms in total. The van der Waals surface area contributed by atoms with Crippen molar-refractivity contribution in [3.8, 4) is 11.5 Å². The van der Waals surface area contributed by atoms with E-state index >= 15 is 0 Å². The van der Waals surface area contributed by atoms with Gasteiger partial charge in [-0.3, -0.25) is 4.90 Å². The van der Waals surface area contributed by atoms with E-state index in [4.69, 9.17) is 9.47 Å². The van der Waals surface area contributed by atoms with E-state index in [1.165, 1.54) is 0 Å². The summed E-state index contributed by atoms with van der Waals surface area (Å²) in [5.74, 6) is 2.08. The summed E-state index contributed by atoms with van der Waals surface area (Å²) in [7, 11) is 1.67. The van der Waals surface area contributed by atoms with Crippen LogP contribution in [0.1, 0.15) is 25.3 Å². The van der Waals surface area contributed by atoms with Crippen LogP contribution in [-0.4, -0.2) is 49.0 Å². The molecular weight excluding hydrogens is 266 g/mol. The molecule has 3 aliphatic rings. The Kier molecular flexibility index (Phi) is 4.36. The first-order valence-corrected chi connectivity index (χ1v) is 7.95. The smallest absolute Gasteiger partial charge is 0.164 e. The third-order valence-electron chi connectivity index (χ3n) is 4.92. The second-order valence-corrected chi connectivity index (χ2v) is 6.02. The van der Waals surface area contributed by atoms with Gasteiger partial charge in [0, 0.05) is 6.04 Å². The molecule has 0 spiro atoms. The maximum atomic E-state index is 10.6. The molecule has 116 valence electrons. The Morgan fingerprint density at radius 2 is 2.05 bits per heavy atom. The van der Waals surface area contributed by atoms with Crippen LogP contribution >= 0.6 is 0 Å².